The summed E-state index contributed by atoms with van der Waals surface area (Å²) in [7, 11) is -3.27. The van der Waals surface area contributed by atoms with Crippen LogP contribution in [-0.2, 0) is 23.0 Å². The van der Waals surface area contributed by atoms with E-state index in [2.05, 4.69) is 6.07 Å². The minimum Gasteiger partial charge on any atom is -0.329 e. The fraction of sp³-hybridized carbons (Fsp3) is 0.538. The largest absolute Gasteiger partial charge is 0.329 e. The Morgan fingerprint density at radius 3 is 2.67 bits per heavy atom. The van der Waals surface area contributed by atoms with Crippen molar-refractivity contribution in [3.05, 3.63) is 35.4 Å². The van der Waals surface area contributed by atoms with E-state index in [-0.39, 0.29) is 6.54 Å². The molecule has 2 rings (SSSR count). The maximum atomic E-state index is 12.3. The number of nitrogens with zero attached hydrogens (tertiary/aromatic N) is 1. The van der Waals surface area contributed by atoms with Crippen LogP contribution in [0.4, 0.5) is 0 Å². The summed E-state index contributed by atoms with van der Waals surface area (Å²) in [5, 5.41) is -0.511. The van der Waals surface area contributed by atoms with Gasteiger partial charge >= 0.3 is 0 Å². The van der Waals surface area contributed by atoms with E-state index in [9.17, 15) is 8.42 Å². The Morgan fingerprint density at radius 2 is 2.00 bits per heavy atom. The van der Waals surface area contributed by atoms with Gasteiger partial charge in [0.2, 0.25) is 10.0 Å². The van der Waals surface area contributed by atoms with Gasteiger partial charge in [0, 0.05) is 19.6 Å². The molecule has 0 saturated carbocycles. The first-order chi connectivity index (χ1) is 8.55. The zero-order chi connectivity index (χ0) is 13.2. The number of nitrogens with two attached hydrogens (primary N) is 1. The lowest BCUT2D eigenvalue weighted by Crippen LogP contribution is -2.40. The van der Waals surface area contributed by atoms with E-state index >= 15 is 0 Å². The first-order valence-electron chi connectivity index (χ1n) is 6.31. The van der Waals surface area contributed by atoms with Crippen molar-refractivity contribution < 1.29 is 8.42 Å². The van der Waals surface area contributed by atoms with Crippen molar-refractivity contribution in [2.75, 3.05) is 13.1 Å². The summed E-state index contributed by atoms with van der Waals surface area (Å²) >= 11 is 0. The number of hydrogen-bond acceptors (Lipinski definition) is 3. The highest BCUT2D eigenvalue weighted by molar-refractivity contribution is 7.89. The van der Waals surface area contributed by atoms with Gasteiger partial charge in [-0.05, 0) is 30.9 Å². The molecule has 5 heteroatoms. The first kappa shape index (κ1) is 13.5. The SMILES string of the molecule is CC(CN)S(=O)(=O)N1CCCc2ccccc2C1. The van der Waals surface area contributed by atoms with Crippen molar-refractivity contribution in [1.82, 2.24) is 4.31 Å². The third kappa shape index (κ3) is 2.58. The molecular weight excluding hydrogens is 248 g/mol. The van der Waals surface area contributed by atoms with E-state index in [4.69, 9.17) is 5.73 Å². The average molecular weight is 268 g/mol. The Kier molecular flexibility index (Phi) is 4.04. The monoisotopic (exact) mass is 268 g/mol. The fourth-order valence-corrected chi connectivity index (χ4v) is 3.72. The van der Waals surface area contributed by atoms with Gasteiger partial charge in [-0.3, -0.25) is 0 Å². The van der Waals surface area contributed by atoms with Crippen LogP contribution in [0.25, 0.3) is 0 Å². The molecule has 1 aliphatic rings. The molecule has 0 radical (unpaired) electrons. The van der Waals surface area contributed by atoms with Crippen LogP contribution >= 0.6 is 0 Å². The molecule has 0 bridgehead atoms. The number of benzene rings is 1. The molecule has 18 heavy (non-hydrogen) atoms. The summed E-state index contributed by atoms with van der Waals surface area (Å²) in [6, 6.07) is 8.06. The quantitative estimate of drug-likeness (QED) is 0.893. The Hall–Kier alpha value is -0.910. The molecule has 0 saturated heterocycles. The summed E-state index contributed by atoms with van der Waals surface area (Å²) < 4.78 is 26.2. The first-order valence-corrected chi connectivity index (χ1v) is 7.82. The third-order valence-corrected chi connectivity index (χ3v) is 5.76. The van der Waals surface area contributed by atoms with E-state index < -0.39 is 15.3 Å². The van der Waals surface area contributed by atoms with Crippen molar-refractivity contribution in [3.63, 3.8) is 0 Å². The Balaban J connectivity index is 2.28. The van der Waals surface area contributed by atoms with Crippen LogP contribution in [0.2, 0.25) is 0 Å². The topological polar surface area (TPSA) is 63.4 Å². The summed E-state index contributed by atoms with van der Waals surface area (Å²) in [6.07, 6.45) is 1.81. The van der Waals surface area contributed by atoms with Crippen LogP contribution in [-0.4, -0.2) is 31.1 Å². The fourth-order valence-electron chi connectivity index (χ4n) is 2.26. The normalized spacial score (nSPS) is 19.0. The van der Waals surface area contributed by atoms with Gasteiger partial charge in [-0.25, -0.2) is 8.42 Å². The van der Waals surface area contributed by atoms with Crippen LogP contribution < -0.4 is 5.73 Å². The highest BCUT2D eigenvalue weighted by Gasteiger charge is 2.29. The molecule has 2 N–H and O–H groups in total. The molecule has 0 aliphatic carbocycles. The van der Waals surface area contributed by atoms with E-state index in [0.717, 1.165) is 18.4 Å². The smallest absolute Gasteiger partial charge is 0.218 e. The van der Waals surface area contributed by atoms with Crippen LogP contribution in [0.5, 0.6) is 0 Å². The van der Waals surface area contributed by atoms with Gasteiger partial charge in [-0.2, -0.15) is 4.31 Å². The lowest BCUT2D eigenvalue weighted by atomic mass is 10.0. The van der Waals surface area contributed by atoms with Crippen molar-refractivity contribution in [1.29, 1.82) is 0 Å². The summed E-state index contributed by atoms with van der Waals surface area (Å²) in [6.45, 7) is 2.90. The molecule has 100 valence electrons. The predicted molar refractivity (Wildman–Crippen MR) is 72.6 cm³/mol. The lowest BCUT2D eigenvalue weighted by Gasteiger charge is -2.23. The average Bonchev–Trinajstić information content (AvgIpc) is 2.60. The Morgan fingerprint density at radius 1 is 1.33 bits per heavy atom. The number of hydrogen-bond donors (Lipinski definition) is 1. The molecular formula is C13H20N2O2S. The molecule has 1 aliphatic heterocycles. The van der Waals surface area contributed by atoms with Crippen LogP contribution in [0.3, 0.4) is 0 Å². The molecule has 0 fully saturated rings. The van der Waals surface area contributed by atoms with Gasteiger partial charge in [-0.15, -0.1) is 0 Å². The zero-order valence-electron chi connectivity index (χ0n) is 10.7. The molecule has 4 nitrogen and oxygen atoms in total. The maximum Gasteiger partial charge on any atom is 0.218 e. The Bertz CT molecular complexity index is 513. The van der Waals surface area contributed by atoms with Gasteiger partial charge < -0.3 is 5.73 Å². The molecule has 1 heterocycles. The minimum absolute atomic E-state index is 0.167. The lowest BCUT2D eigenvalue weighted by molar-refractivity contribution is 0.404. The molecule has 1 unspecified atom stereocenters. The molecule has 0 aromatic heterocycles. The third-order valence-electron chi connectivity index (χ3n) is 3.52. The Labute approximate surface area is 109 Å². The summed E-state index contributed by atoms with van der Waals surface area (Å²) in [5.41, 5.74) is 7.87. The second kappa shape index (κ2) is 5.38. The number of rotatable bonds is 3. The van der Waals surface area contributed by atoms with E-state index in [1.165, 1.54) is 5.56 Å². The van der Waals surface area contributed by atoms with Crippen molar-refractivity contribution in [3.8, 4) is 0 Å². The van der Waals surface area contributed by atoms with Gasteiger partial charge in [0.15, 0.2) is 0 Å². The van der Waals surface area contributed by atoms with Gasteiger partial charge in [0.25, 0.3) is 0 Å². The molecule has 1 aromatic carbocycles. The van der Waals surface area contributed by atoms with Crippen LogP contribution in [0.1, 0.15) is 24.5 Å². The summed E-state index contributed by atoms with van der Waals surface area (Å²) in [5.74, 6) is 0. The number of sulfonamides is 1. The van der Waals surface area contributed by atoms with Gasteiger partial charge in [-0.1, -0.05) is 24.3 Å². The summed E-state index contributed by atoms with van der Waals surface area (Å²) in [4.78, 5) is 0. The molecule has 1 aromatic rings. The minimum atomic E-state index is -3.27. The number of fused-ring (bicyclic) bond motifs is 1. The van der Waals surface area contributed by atoms with E-state index in [1.54, 1.807) is 11.2 Å². The maximum absolute atomic E-state index is 12.3. The van der Waals surface area contributed by atoms with E-state index in [0.29, 0.717) is 13.1 Å². The molecule has 1 atom stereocenters. The highest BCUT2D eigenvalue weighted by atomic mass is 32.2. The second-order valence-electron chi connectivity index (χ2n) is 4.80. The number of aryl methyl sites for hydroxylation is 1. The standard InChI is InChI=1S/C13H20N2O2S/c1-11(9-14)18(16,17)15-8-4-7-12-5-2-3-6-13(12)10-15/h2-3,5-6,11H,4,7-10,14H2,1H3. The molecule has 0 amide bonds. The van der Waals surface area contributed by atoms with Crippen molar-refractivity contribution in [2.45, 2.75) is 31.6 Å². The van der Waals surface area contributed by atoms with Crippen molar-refractivity contribution in [2.24, 2.45) is 5.73 Å². The van der Waals surface area contributed by atoms with E-state index in [1.807, 2.05) is 18.2 Å². The molecule has 0 spiro atoms. The second-order valence-corrected chi connectivity index (χ2v) is 7.15. The zero-order valence-corrected chi connectivity index (χ0v) is 11.5. The van der Waals surface area contributed by atoms with Crippen LogP contribution in [0, 0.1) is 0 Å². The van der Waals surface area contributed by atoms with Crippen LogP contribution in [0.15, 0.2) is 24.3 Å². The van der Waals surface area contributed by atoms with Gasteiger partial charge in [0.05, 0.1) is 5.25 Å². The van der Waals surface area contributed by atoms with Crippen molar-refractivity contribution >= 4 is 10.0 Å². The highest BCUT2D eigenvalue weighted by Crippen LogP contribution is 2.22. The predicted octanol–water partition coefficient (Wildman–Crippen LogP) is 1.11. The van der Waals surface area contributed by atoms with Gasteiger partial charge in [0.1, 0.15) is 0 Å².